The van der Waals surface area contributed by atoms with Gasteiger partial charge in [-0.1, -0.05) is 60.1 Å². The Balaban J connectivity index is 1.75. The van der Waals surface area contributed by atoms with Crippen LogP contribution >= 0.6 is 11.3 Å². The van der Waals surface area contributed by atoms with Crippen molar-refractivity contribution in [2.24, 2.45) is 0 Å². The van der Waals surface area contributed by atoms with E-state index in [4.69, 9.17) is 9.47 Å². The summed E-state index contributed by atoms with van der Waals surface area (Å²) in [5.74, 6) is 13.6. The molecule has 0 bridgehead atoms. The number of methoxy groups -OCH3 is 2. The van der Waals surface area contributed by atoms with Gasteiger partial charge in [-0.15, -0.1) is 11.3 Å². The number of hydrogen-bond donors (Lipinski definition) is 0. The van der Waals surface area contributed by atoms with Gasteiger partial charge < -0.3 is 9.47 Å². The summed E-state index contributed by atoms with van der Waals surface area (Å²) < 4.78 is 39.9. The van der Waals surface area contributed by atoms with Crippen LogP contribution in [0.3, 0.4) is 0 Å². The van der Waals surface area contributed by atoms with Crippen LogP contribution in [0.4, 0.5) is 0 Å². The second-order valence-electron chi connectivity index (χ2n) is 12.2. The molecule has 0 saturated carbocycles. The minimum atomic E-state index is -3.70. The largest absolute Gasteiger partial charge is 0.366 e. The summed E-state index contributed by atoms with van der Waals surface area (Å²) in [6, 6.07) is 25.5. The first-order chi connectivity index (χ1) is 21.3. The van der Waals surface area contributed by atoms with E-state index in [0.29, 0.717) is 4.21 Å². The minimum absolute atomic E-state index is 0.290. The Labute approximate surface area is 268 Å². The zero-order chi connectivity index (χ0) is 32.1. The molecular formula is C39H34O4S2. The molecule has 1 heterocycles. The predicted molar refractivity (Wildman–Crippen MR) is 187 cm³/mol. The van der Waals surface area contributed by atoms with E-state index >= 15 is 0 Å². The van der Waals surface area contributed by atoms with Gasteiger partial charge in [-0.25, -0.2) is 8.42 Å². The molecule has 6 heteroatoms. The SMILES string of the molecule is COC(C)(C)C#Cc1c2cc3ccccc3cc2c(C#CC(C)(C)OC)c2cc3sc(S(=O)(=O)c4cccc(C)c4)cc3cc12. The highest BCUT2D eigenvalue weighted by molar-refractivity contribution is 7.93. The van der Waals surface area contributed by atoms with Gasteiger partial charge in [0.25, 0.3) is 0 Å². The average molecular weight is 631 g/mol. The Kier molecular flexibility index (Phi) is 7.76. The van der Waals surface area contributed by atoms with Gasteiger partial charge in [0.1, 0.15) is 15.4 Å². The van der Waals surface area contributed by atoms with Crippen LogP contribution in [0, 0.1) is 30.6 Å². The lowest BCUT2D eigenvalue weighted by atomic mass is 9.89. The van der Waals surface area contributed by atoms with E-state index in [9.17, 15) is 8.42 Å². The third-order valence-electron chi connectivity index (χ3n) is 8.16. The first kappa shape index (κ1) is 30.8. The molecule has 0 N–H and O–H groups in total. The van der Waals surface area contributed by atoms with Crippen molar-refractivity contribution in [3.8, 4) is 23.7 Å². The quantitative estimate of drug-likeness (QED) is 0.144. The second-order valence-corrected chi connectivity index (χ2v) is 15.5. The number of hydrogen-bond acceptors (Lipinski definition) is 5. The van der Waals surface area contributed by atoms with E-state index in [-0.39, 0.29) is 4.90 Å². The molecule has 0 radical (unpaired) electrons. The summed E-state index contributed by atoms with van der Waals surface area (Å²) in [6.45, 7) is 9.64. The molecule has 0 aliphatic rings. The lowest BCUT2D eigenvalue weighted by Gasteiger charge is -2.17. The summed E-state index contributed by atoms with van der Waals surface area (Å²) in [5, 5.41) is 6.79. The van der Waals surface area contributed by atoms with Gasteiger partial charge in [-0.2, -0.15) is 0 Å². The van der Waals surface area contributed by atoms with Crippen LogP contribution in [0.5, 0.6) is 0 Å². The number of benzene rings is 5. The van der Waals surface area contributed by atoms with Crippen LogP contribution in [0.25, 0.3) is 42.4 Å². The monoisotopic (exact) mass is 630 g/mol. The third kappa shape index (κ3) is 5.84. The normalized spacial score (nSPS) is 12.3. The maximum Gasteiger partial charge on any atom is 0.216 e. The van der Waals surface area contributed by atoms with E-state index in [1.165, 1.54) is 11.3 Å². The van der Waals surface area contributed by atoms with Crippen molar-refractivity contribution in [3.63, 3.8) is 0 Å². The molecule has 226 valence electrons. The van der Waals surface area contributed by atoms with Gasteiger partial charge in [-0.3, -0.25) is 0 Å². The van der Waals surface area contributed by atoms with Gasteiger partial charge in [-0.05, 0) is 115 Å². The Morgan fingerprint density at radius 1 is 0.644 bits per heavy atom. The zero-order valence-electron chi connectivity index (χ0n) is 26.5. The highest BCUT2D eigenvalue weighted by atomic mass is 32.2. The fourth-order valence-corrected chi connectivity index (χ4v) is 8.17. The van der Waals surface area contributed by atoms with Crippen LogP contribution < -0.4 is 0 Å². The lowest BCUT2D eigenvalue weighted by Crippen LogP contribution is -2.19. The fraction of sp³-hybridized carbons (Fsp3) is 0.231. The first-order valence-corrected chi connectivity index (χ1v) is 17.0. The maximum absolute atomic E-state index is 13.7. The standard InChI is InChI=1S/C39H34O4S2/c1-25-11-10-14-29(19-25)45(40,41)37-23-28-22-34-30(15-17-38(2,3)42-6)32-20-26-12-8-9-13-27(26)21-33(32)31(16-18-39(4,5)43-7)35(34)24-36(28)44-37/h8-14,19-24H,1-7H3. The van der Waals surface area contributed by atoms with Crippen molar-refractivity contribution < 1.29 is 17.9 Å². The summed E-state index contributed by atoms with van der Waals surface area (Å²) in [4.78, 5) is 0.290. The Bertz CT molecular complexity index is 2260. The zero-order valence-corrected chi connectivity index (χ0v) is 28.1. The highest BCUT2D eigenvalue weighted by Gasteiger charge is 2.23. The van der Waals surface area contributed by atoms with Crippen LogP contribution in [-0.2, 0) is 19.3 Å². The molecule has 5 aromatic carbocycles. The van der Waals surface area contributed by atoms with E-state index in [1.54, 1.807) is 38.5 Å². The molecule has 45 heavy (non-hydrogen) atoms. The van der Waals surface area contributed by atoms with Crippen molar-refractivity contribution in [1.29, 1.82) is 0 Å². The third-order valence-corrected chi connectivity index (χ3v) is 11.5. The van der Waals surface area contributed by atoms with Crippen LogP contribution in [-0.4, -0.2) is 33.8 Å². The molecule has 6 aromatic rings. The molecular weight excluding hydrogens is 597 g/mol. The highest BCUT2D eigenvalue weighted by Crippen LogP contribution is 2.40. The molecule has 0 aliphatic carbocycles. The number of sulfone groups is 1. The van der Waals surface area contributed by atoms with Crippen LogP contribution in [0.1, 0.15) is 44.4 Å². The van der Waals surface area contributed by atoms with Crippen LogP contribution in [0.15, 0.2) is 88.0 Å². The molecule has 0 unspecified atom stereocenters. The number of rotatable bonds is 4. The van der Waals surface area contributed by atoms with Gasteiger partial charge in [0, 0.05) is 35.4 Å². The Morgan fingerprint density at radius 3 is 1.67 bits per heavy atom. The molecule has 0 amide bonds. The van der Waals surface area contributed by atoms with Gasteiger partial charge in [0.05, 0.1) is 4.90 Å². The van der Waals surface area contributed by atoms with Crippen molar-refractivity contribution in [3.05, 3.63) is 95.6 Å². The molecule has 4 nitrogen and oxygen atoms in total. The maximum atomic E-state index is 13.7. The van der Waals surface area contributed by atoms with Crippen molar-refractivity contribution in [1.82, 2.24) is 0 Å². The molecule has 1 aromatic heterocycles. The predicted octanol–water partition coefficient (Wildman–Crippen LogP) is 9.06. The Morgan fingerprint density at radius 2 is 1.16 bits per heavy atom. The number of fused-ring (bicyclic) bond motifs is 4. The van der Waals surface area contributed by atoms with E-state index in [2.05, 4.69) is 60.1 Å². The van der Waals surface area contributed by atoms with E-state index in [0.717, 1.165) is 59.1 Å². The second kappa shape index (κ2) is 11.3. The summed E-state index contributed by atoms with van der Waals surface area (Å²) in [5.41, 5.74) is 1.26. The molecule has 0 saturated heterocycles. The summed E-state index contributed by atoms with van der Waals surface area (Å²) >= 11 is 1.27. The molecule has 0 atom stereocenters. The van der Waals surface area contributed by atoms with Gasteiger partial charge in [0.2, 0.25) is 9.84 Å². The van der Waals surface area contributed by atoms with Gasteiger partial charge >= 0.3 is 0 Å². The number of aryl methyl sites for hydroxylation is 1. The van der Waals surface area contributed by atoms with Crippen molar-refractivity contribution in [2.45, 2.75) is 54.9 Å². The van der Waals surface area contributed by atoms with Gasteiger partial charge in [0.15, 0.2) is 0 Å². The number of ether oxygens (including phenoxy) is 2. The lowest BCUT2D eigenvalue weighted by molar-refractivity contribution is 0.0739. The van der Waals surface area contributed by atoms with E-state index < -0.39 is 21.0 Å². The molecule has 6 rings (SSSR count). The molecule has 0 spiro atoms. The van der Waals surface area contributed by atoms with Crippen LogP contribution in [0.2, 0.25) is 0 Å². The minimum Gasteiger partial charge on any atom is -0.366 e. The average Bonchev–Trinajstić information content (AvgIpc) is 3.45. The fourth-order valence-electron chi connectivity index (χ4n) is 5.25. The Hall–Kier alpha value is -4.17. The summed E-state index contributed by atoms with van der Waals surface area (Å²) in [6.07, 6.45) is 0. The molecule has 0 fully saturated rings. The smallest absolute Gasteiger partial charge is 0.216 e. The van der Waals surface area contributed by atoms with E-state index in [1.807, 2.05) is 52.8 Å². The number of thiophene rings is 1. The van der Waals surface area contributed by atoms with Crippen molar-refractivity contribution in [2.75, 3.05) is 14.2 Å². The molecule has 0 aliphatic heterocycles. The topological polar surface area (TPSA) is 52.6 Å². The van der Waals surface area contributed by atoms with Crippen molar-refractivity contribution >= 4 is 63.6 Å². The summed E-state index contributed by atoms with van der Waals surface area (Å²) in [7, 11) is -0.399. The first-order valence-electron chi connectivity index (χ1n) is 14.7.